The second-order valence-corrected chi connectivity index (χ2v) is 5.31. The highest BCUT2D eigenvalue weighted by molar-refractivity contribution is 4.82. The summed E-state index contributed by atoms with van der Waals surface area (Å²) in [5.74, 6) is 0. The molecule has 2 unspecified atom stereocenters. The number of aliphatic hydroxyl groups excluding tert-OH is 1. The van der Waals surface area contributed by atoms with Crippen LogP contribution in [0.3, 0.4) is 0 Å². The van der Waals surface area contributed by atoms with Gasteiger partial charge in [-0.2, -0.15) is 0 Å². The van der Waals surface area contributed by atoms with Gasteiger partial charge in [0.25, 0.3) is 0 Å². The van der Waals surface area contributed by atoms with Crippen LogP contribution in [0.2, 0.25) is 0 Å². The monoisotopic (exact) mass is 244 g/mol. The molecule has 0 aromatic carbocycles. The van der Waals surface area contributed by atoms with Crippen LogP contribution in [0.15, 0.2) is 0 Å². The van der Waals surface area contributed by atoms with Crippen LogP contribution in [-0.4, -0.2) is 61.0 Å². The van der Waals surface area contributed by atoms with Crippen molar-refractivity contribution in [3.8, 4) is 0 Å². The number of ether oxygens (including phenoxy) is 1. The van der Waals surface area contributed by atoms with E-state index in [1.807, 2.05) is 0 Å². The molecule has 0 bridgehead atoms. The summed E-state index contributed by atoms with van der Waals surface area (Å²) >= 11 is 0. The summed E-state index contributed by atoms with van der Waals surface area (Å²) in [6.07, 6.45) is 2.13. The molecule has 4 heteroatoms. The molecule has 17 heavy (non-hydrogen) atoms. The Morgan fingerprint density at radius 3 is 2.88 bits per heavy atom. The zero-order chi connectivity index (χ0) is 12.7. The maximum Gasteiger partial charge on any atom is 0.0619 e. The molecule has 1 fully saturated rings. The molecular weight excluding hydrogens is 216 g/mol. The lowest BCUT2D eigenvalue weighted by molar-refractivity contribution is -0.00209. The van der Waals surface area contributed by atoms with Crippen molar-refractivity contribution < 1.29 is 9.84 Å². The largest absolute Gasteiger partial charge is 0.394 e. The molecule has 2 atom stereocenters. The van der Waals surface area contributed by atoms with Crippen molar-refractivity contribution in [2.45, 2.75) is 45.2 Å². The Bertz CT molecular complexity index is 214. The minimum Gasteiger partial charge on any atom is -0.394 e. The Hall–Kier alpha value is -0.160. The van der Waals surface area contributed by atoms with Gasteiger partial charge in [0, 0.05) is 18.1 Å². The summed E-state index contributed by atoms with van der Waals surface area (Å²) in [7, 11) is 0. The average molecular weight is 244 g/mol. The predicted molar refractivity (Wildman–Crippen MR) is 70.3 cm³/mol. The molecule has 1 rings (SSSR count). The van der Waals surface area contributed by atoms with Crippen molar-refractivity contribution >= 4 is 0 Å². The van der Waals surface area contributed by atoms with E-state index in [1.54, 1.807) is 0 Å². The quantitative estimate of drug-likeness (QED) is 0.697. The lowest BCUT2D eigenvalue weighted by Gasteiger charge is -2.35. The fraction of sp³-hybridized carbons (Fsp3) is 1.00. The smallest absolute Gasteiger partial charge is 0.0619 e. The van der Waals surface area contributed by atoms with Gasteiger partial charge in [-0.15, -0.1) is 0 Å². The van der Waals surface area contributed by atoms with Crippen molar-refractivity contribution in [2.75, 3.05) is 39.5 Å². The van der Waals surface area contributed by atoms with E-state index in [2.05, 4.69) is 31.0 Å². The van der Waals surface area contributed by atoms with Crippen LogP contribution in [0, 0.1) is 0 Å². The lowest BCUT2D eigenvalue weighted by Crippen LogP contribution is -2.47. The molecule has 1 heterocycles. The summed E-state index contributed by atoms with van der Waals surface area (Å²) in [4.78, 5) is 2.48. The number of nitrogens with zero attached hydrogens (tertiary/aromatic N) is 1. The third kappa shape index (κ3) is 4.92. The van der Waals surface area contributed by atoms with Gasteiger partial charge >= 0.3 is 0 Å². The maximum atomic E-state index is 9.41. The predicted octanol–water partition coefficient (Wildman–Crippen LogP) is 0.848. The molecule has 0 amide bonds. The third-order valence-electron chi connectivity index (χ3n) is 3.63. The van der Waals surface area contributed by atoms with Gasteiger partial charge in [0.1, 0.15) is 0 Å². The van der Waals surface area contributed by atoms with Gasteiger partial charge in [0.2, 0.25) is 0 Å². The van der Waals surface area contributed by atoms with E-state index in [-0.39, 0.29) is 12.1 Å². The van der Waals surface area contributed by atoms with Crippen molar-refractivity contribution in [2.24, 2.45) is 0 Å². The summed E-state index contributed by atoms with van der Waals surface area (Å²) in [6.45, 7) is 11.4. The van der Waals surface area contributed by atoms with E-state index in [1.165, 1.54) is 0 Å². The standard InChI is InChI=1S/C13H28N2O2/c1-4-14-13(3,11-16)6-5-7-15-8-9-17-10-12(15)2/h12,14,16H,4-11H2,1-3H3. The molecule has 0 spiro atoms. The number of morpholine rings is 1. The van der Waals surface area contributed by atoms with Gasteiger partial charge in [0.15, 0.2) is 0 Å². The van der Waals surface area contributed by atoms with Gasteiger partial charge in [-0.3, -0.25) is 4.90 Å². The Balaban J connectivity index is 2.25. The Labute approximate surface area is 105 Å². The van der Waals surface area contributed by atoms with E-state index in [0.29, 0.717) is 6.04 Å². The Morgan fingerprint density at radius 2 is 2.29 bits per heavy atom. The van der Waals surface area contributed by atoms with Crippen LogP contribution >= 0.6 is 0 Å². The molecular formula is C13H28N2O2. The highest BCUT2D eigenvalue weighted by atomic mass is 16.5. The number of nitrogens with one attached hydrogen (secondary N) is 1. The van der Waals surface area contributed by atoms with Crippen molar-refractivity contribution in [3.63, 3.8) is 0 Å². The number of likely N-dealkylation sites (N-methyl/N-ethyl adjacent to an activating group) is 1. The number of hydrogen-bond donors (Lipinski definition) is 2. The zero-order valence-corrected chi connectivity index (χ0v) is 11.5. The molecule has 1 saturated heterocycles. The Morgan fingerprint density at radius 1 is 1.53 bits per heavy atom. The van der Waals surface area contributed by atoms with Crippen LogP contribution < -0.4 is 5.32 Å². The average Bonchev–Trinajstić information content (AvgIpc) is 2.32. The van der Waals surface area contributed by atoms with E-state index in [4.69, 9.17) is 4.74 Å². The SMILES string of the molecule is CCNC(C)(CO)CCCN1CCOCC1C. The summed E-state index contributed by atoms with van der Waals surface area (Å²) in [5.41, 5.74) is -0.121. The van der Waals surface area contributed by atoms with Crippen LogP contribution in [0.5, 0.6) is 0 Å². The molecule has 1 aliphatic rings. The second-order valence-electron chi connectivity index (χ2n) is 5.31. The van der Waals surface area contributed by atoms with Gasteiger partial charge in [-0.05, 0) is 39.8 Å². The first-order chi connectivity index (χ1) is 8.11. The van der Waals surface area contributed by atoms with Crippen molar-refractivity contribution in [1.82, 2.24) is 10.2 Å². The molecule has 0 aliphatic carbocycles. The van der Waals surface area contributed by atoms with Crippen LogP contribution in [0.25, 0.3) is 0 Å². The van der Waals surface area contributed by atoms with Crippen LogP contribution in [0.4, 0.5) is 0 Å². The molecule has 0 saturated carbocycles. The van der Waals surface area contributed by atoms with E-state index >= 15 is 0 Å². The van der Waals surface area contributed by atoms with Gasteiger partial charge in [-0.25, -0.2) is 0 Å². The highest BCUT2D eigenvalue weighted by Gasteiger charge is 2.23. The lowest BCUT2D eigenvalue weighted by atomic mass is 9.96. The van der Waals surface area contributed by atoms with Crippen LogP contribution in [0.1, 0.15) is 33.6 Å². The van der Waals surface area contributed by atoms with Crippen LogP contribution in [-0.2, 0) is 4.74 Å². The summed E-state index contributed by atoms with van der Waals surface area (Å²) in [6, 6.07) is 0.531. The number of rotatable bonds is 7. The fourth-order valence-corrected chi connectivity index (χ4v) is 2.42. The molecule has 4 nitrogen and oxygen atoms in total. The fourth-order valence-electron chi connectivity index (χ4n) is 2.42. The number of aliphatic hydroxyl groups is 1. The number of hydrogen-bond acceptors (Lipinski definition) is 4. The van der Waals surface area contributed by atoms with E-state index in [9.17, 15) is 5.11 Å². The topological polar surface area (TPSA) is 44.7 Å². The first-order valence-electron chi connectivity index (χ1n) is 6.79. The first-order valence-corrected chi connectivity index (χ1v) is 6.79. The first kappa shape index (κ1) is 14.9. The van der Waals surface area contributed by atoms with E-state index in [0.717, 1.165) is 45.7 Å². The molecule has 2 N–H and O–H groups in total. The normalized spacial score (nSPS) is 25.8. The zero-order valence-electron chi connectivity index (χ0n) is 11.5. The highest BCUT2D eigenvalue weighted by Crippen LogP contribution is 2.14. The summed E-state index contributed by atoms with van der Waals surface area (Å²) in [5, 5.41) is 12.8. The van der Waals surface area contributed by atoms with Gasteiger partial charge < -0.3 is 15.2 Å². The molecule has 0 radical (unpaired) electrons. The molecule has 0 aromatic rings. The van der Waals surface area contributed by atoms with Crippen molar-refractivity contribution in [3.05, 3.63) is 0 Å². The van der Waals surface area contributed by atoms with Gasteiger partial charge in [0.05, 0.1) is 19.8 Å². The molecule has 102 valence electrons. The molecule has 0 aromatic heterocycles. The maximum absolute atomic E-state index is 9.41. The minimum absolute atomic E-state index is 0.121. The third-order valence-corrected chi connectivity index (χ3v) is 3.63. The Kier molecular flexibility index (Phi) is 6.41. The summed E-state index contributed by atoms with van der Waals surface area (Å²) < 4.78 is 5.42. The minimum atomic E-state index is -0.121. The van der Waals surface area contributed by atoms with Gasteiger partial charge in [-0.1, -0.05) is 6.92 Å². The van der Waals surface area contributed by atoms with Crippen molar-refractivity contribution in [1.29, 1.82) is 0 Å². The second kappa shape index (κ2) is 7.31. The molecule has 1 aliphatic heterocycles. The van der Waals surface area contributed by atoms with E-state index < -0.39 is 0 Å².